The Morgan fingerprint density at radius 1 is 1.35 bits per heavy atom. The smallest absolute Gasteiger partial charge is 0.165 e. The van der Waals surface area contributed by atoms with Gasteiger partial charge in [0.15, 0.2) is 5.75 Å². The number of nitrogen functional groups attached to an aromatic ring is 1. The van der Waals surface area contributed by atoms with E-state index in [1.807, 2.05) is 0 Å². The van der Waals surface area contributed by atoms with Crippen LogP contribution in [0.2, 0.25) is 0 Å². The number of anilines is 1. The first-order chi connectivity index (χ1) is 8.17. The minimum Gasteiger partial charge on any atom is -0.454 e. The van der Waals surface area contributed by atoms with Crippen LogP contribution >= 0.6 is 0 Å². The average molecular weight is 235 g/mol. The number of halogens is 1. The molecule has 0 amide bonds. The lowest BCUT2D eigenvalue weighted by Crippen LogP contribution is -1.95. The fraction of sp³-hybridized carbons (Fsp3) is 0.250. The lowest BCUT2D eigenvalue weighted by molar-refractivity contribution is 0.475. The monoisotopic (exact) mass is 235 g/mol. The predicted molar refractivity (Wildman–Crippen MR) is 63.4 cm³/mol. The van der Waals surface area contributed by atoms with Crippen LogP contribution in [-0.4, -0.2) is 9.78 Å². The lowest BCUT2D eigenvalue weighted by Gasteiger charge is -2.03. The van der Waals surface area contributed by atoms with Gasteiger partial charge in [-0.05, 0) is 12.5 Å². The van der Waals surface area contributed by atoms with Crippen LogP contribution < -0.4 is 10.5 Å². The highest BCUT2D eigenvalue weighted by Crippen LogP contribution is 2.24. The molecule has 0 atom stereocenters. The molecule has 0 bridgehead atoms. The second kappa shape index (κ2) is 4.86. The molecule has 0 saturated heterocycles. The molecular weight excluding hydrogens is 221 g/mol. The van der Waals surface area contributed by atoms with Gasteiger partial charge in [0, 0.05) is 24.4 Å². The van der Waals surface area contributed by atoms with Crippen molar-refractivity contribution in [2.45, 2.75) is 19.9 Å². The molecule has 0 spiro atoms. The van der Waals surface area contributed by atoms with E-state index in [0.29, 0.717) is 17.2 Å². The highest BCUT2D eigenvalue weighted by molar-refractivity contribution is 5.45. The molecular formula is C12H14FN3O. The summed E-state index contributed by atoms with van der Waals surface area (Å²) < 4.78 is 20.3. The third kappa shape index (κ3) is 2.96. The van der Waals surface area contributed by atoms with Crippen LogP contribution in [0.3, 0.4) is 0 Å². The Hall–Kier alpha value is -2.04. The van der Waals surface area contributed by atoms with E-state index in [2.05, 4.69) is 12.0 Å². The highest BCUT2D eigenvalue weighted by Gasteiger charge is 2.03. The molecule has 2 aromatic rings. The molecule has 0 unspecified atom stereocenters. The van der Waals surface area contributed by atoms with Crippen LogP contribution in [0.25, 0.3) is 0 Å². The zero-order valence-electron chi connectivity index (χ0n) is 9.56. The van der Waals surface area contributed by atoms with E-state index in [-0.39, 0.29) is 0 Å². The van der Waals surface area contributed by atoms with Crippen molar-refractivity contribution < 1.29 is 9.13 Å². The third-order valence-corrected chi connectivity index (χ3v) is 2.19. The molecule has 0 aliphatic rings. The maximum Gasteiger partial charge on any atom is 0.165 e. The number of aryl methyl sites for hydroxylation is 1. The number of ether oxygens (including phenoxy) is 1. The molecule has 0 fully saturated rings. The molecule has 17 heavy (non-hydrogen) atoms. The number of hydrogen-bond donors (Lipinski definition) is 1. The van der Waals surface area contributed by atoms with Crippen LogP contribution in [0.15, 0.2) is 30.6 Å². The zero-order chi connectivity index (χ0) is 12.3. The molecule has 4 nitrogen and oxygen atoms in total. The van der Waals surface area contributed by atoms with Gasteiger partial charge >= 0.3 is 0 Å². The number of benzene rings is 1. The van der Waals surface area contributed by atoms with E-state index in [4.69, 9.17) is 10.5 Å². The molecule has 90 valence electrons. The SMILES string of the molecule is CCCn1cc(Oc2cc(N)cc(F)c2)cn1. The van der Waals surface area contributed by atoms with Gasteiger partial charge in [0.1, 0.15) is 11.6 Å². The third-order valence-electron chi connectivity index (χ3n) is 2.19. The van der Waals surface area contributed by atoms with E-state index in [1.54, 1.807) is 23.1 Å². The van der Waals surface area contributed by atoms with E-state index in [9.17, 15) is 4.39 Å². The second-order valence-electron chi connectivity index (χ2n) is 3.76. The summed E-state index contributed by atoms with van der Waals surface area (Å²) >= 11 is 0. The van der Waals surface area contributed by atoms with Gasteiger partial charge in [-0.25, -0.2) is 4.39 Å². The summed E-state index contributed by atoms with van der Waals surface area (Å²) in [6, 6.07) is 4.10. The predicted octanol–water partition coefficient (Wildman–Crippen LogP) is 2.81. The Balaban J connectivity index is 2.13. The summed E-state index contributed by atoms with van der Waals surface area (Å²) in [5.74, 6) is 0.531. The molecule has 2 N–H and O–H groups in total. The van der Waals surface area contributed by atoms with Gasteiger partial charge in [0.2, 0.25) is 0 Å². The van der Waals surface area contributed by atoms with Gasteiger partial charge in [-0.3, -0.25) is 4.68 Å². The van der Waals surface area contributed by atoms with Crippen molar-refractivity contribution >= 4 is 5.69 Å². The summed E-state index contributed by atoms with van der Waals surface area (Å²) in [6.45, 7) is 2.89. The standard InChI is InChI=1S/C12H14FN3O/c1-2-3-16-8-12(7-15-16)17-11-5-9(13)4-10(14)6-11/h4-8H,2-3,14H2,1H3. The van der Waals surface area contributed by atoms with Gasteiger partial charge in [-0.15, -0.1) is 0 Å². The quantitative estimate of drug-likeness (QED) is 0.829. The van der Waals surface area contributed by atoms with Gasteiger partial charge in [0.05, 0.1) is 12.4 Å². The van der Waals surface area contributed by atoms with Crippen molar-refractivity contribution in [1.29, 1.82) is 0 Å². The summed E-state index contributed by atoms with van der Waals surface area (Å²) in [7, 11) is 0. The average Bonchev–Trinajstić information content (AvgIpc) is 2.64. The van der Waals surface area contributed by atoms with E-state index in [1.165, 1.54) is 12.1 Å². The molecule has 1 aromatic carbocycles. The van der Waals surface area contributed by atoms with Crippen LogP contribution in [0, 0.1) is 5.82 Å². The van der Waals surface area contributed by atoms with Crippen LogP contribution in [0.1, 0.15) is 13.3 Å². The van der Waals surface area contributed by atoms with Crippen LogP contribution in [-0.2, 0) is 6.54 Å². The lowest BCUT2D eigenvalue weighted by atomic mass is 10.3. The number of hydrogen-bond acceptors (Lipinski definition) is 3. The highest BCUT2D eigenvalue weighted by atomic mass is 19.1. The summed E-state index contributed by atoms with van der Waals surface area (Å²) in [5, 5.41) is 4.11. The molecule has 1 aromatic heterocycles. The molecule has 0 saturated carbocycles. The van der Waals surface area contributed by atoms with Gasteiger partial charge in [-0.1, -0.05) is 6.92 Å². The molecule has 0 aliphatic heterocycles. The Morgan fingerprint density at radius 3 is 2.88 bits per heavy atom. The number of nitrogens with zero attached hydrogens (tertiary/aromatic N) is 2. The molecule has 1 heterocycles. The Labute approximate surface area is 98.8 Å². The van der Waals surface area contributed by atoms with Gasteiger partial charge in [0.25, 0.3) is 0 Å². The normalized spacial score (nSPS) is 10.5. The van der Waals surface area contributed by atoms with Crippen molar-refractivity contribution in [1.82, 2.24) is 9.78 Å². The minimum atomic E-state index is -0.416. The topological polar surface area (TPSA) is 53.1 Å². The van der Waals surface area contributed by atoms with Crippen molar-refractivity contribution in [3.63, 3.8) is 0 Å². The Morgan fingerprint density at radius 2 is 2.18 bits per heavy atom. The van der Waals surface area contributed by atoms with E-state index in [0.717, 1.165) is 13.0 Å². The molecule has 0 radical (unpaired) electrons. The van der Waals surface area contributed by atoms with Crippen molar-refractivity contribution in [2.75, 3.05) is 5.73 Å². The molecule has 2 rings (SSSR count). The number of aromatic nitrogens is 2. The van der Waals surface area contributed by atoms with E-state index < -0.39 is 5.82 Å². The van der Waals surface area contributed by atoms with Crippen molar-refractivity contribution in [2.24, 2.45) is 0 Å². The first-order valence-electron chi connectivity index (χ1n) is 5.44. The maximum atomic E-state index is 13.1. The molecule has 5 heteroatoms. The Kier molecular flexibility index (Phi) is 3.27. The van der Waals surface area contributed by atoms with Crippen LogP contribution in [0.5, 0.6) is 11.5 Å². The number of nitrogens with two attached hydrogens (primary N) is 1. The Bertz CT molecular complexity index is 490. The first kappa shape index (κ1) is 11.4. The second-order valence-corrected chi connectivity index (χ2v) is 3.76. The fourth-order valence-corrected chi connectivity index (χ4v) is 1.53. The summed E-state index contributed by atoms with van der Waals surface area (Å²) in [5.41, 5.74) is 5.86. The van der Waals surface area contributed by atoms with Crippen molar-refractivity contribution in [3.05, 3.63) is 36.4 Å². The fourth-order valence-electron chi connectivity index (χ4n) is 1.53. The number of rotatable bonds is 4. The van der Waals surface area contributed by atoms with Crippen LogP contribution in [0.4, 0.5) is 10.1 Å². The summed E-state index contributed by atoms with van der Waals surface area (Å²) in [4.78, 5) is 0. The maximum absolute atomic E-state index is 13.1. The van der Waals surface area contributed by atoms with E-state index >= 15 is 0 Å². The summed E-state index contributed by atoms with van der Waals surface area (Å²) in [6.07, 6.45) is 4.36. The first-order valence-corrected chi connectivity index (χ1v) is 5.44. The zero-order valence-corrected chi connectivity index (χ0v) is 9.56. The minimum absolute atomic E-state index is 0.334. The van der Waals surface area contributed by atoms with Gasteiger partial charge < -0.3 is 10.5 Å². The largest absolute Gasteiger partial charge is 0.454 e. The molecule has 0 aliphatic carbocycles. The van der Waals surface area contributed by atoms with Gasteiger partial charge in [-0.2, -0.15) is 5.10 Å². The van der Waals surface area contributed by atoms with Crippen molar-refractivity contribution in [3.8, 4) is 11.5 Å².